The van der Waals surface area contributed by atoms with E-state index in [1.165, 1.54) is 19.3 Å². The monoisotopic (exact) mass is 262 g/mol. The highest BCUT2D eigenvalue weighted by Gasteiger charge is 2.24. The third kappa shape index (κ3) is 5.36. The van der Waals surface area contributed by atoms with Gasteiger partial charge in [0.2, 0.25) is 10.0 Å². The lowest BCUT2D eigenvalue weighted by Gasteiger charge is -2.33. The lowest BCUT2D eigenvalue weighted by molar-refractivity contribution is 0.229. The standard InChI is InChI=1S/C12H26N2O2S/c1-4-17(15,16)14-8-7-13-12-6-5-10(2)9-11(12)3/h10-14H,4-9H2,1-3H3. The van der Waals surface area contributed by atoms with Crippen LogP contribution >= 0.6 is 0 Å². The molecule has 0 saturated heterocycles. The maximum Gasteiger partial charge on any atom is 0.211 e. The first kappa shape index (κ1) is 14.9. The van der Waals surface area contributed by atoms with Crippen molar-refractivity contribution in [3.63, 3.8) is 0 Å². The molecule has 2 N–H and O–H groups in total. The van der Waals surface area contributed by atoms with Crippen molar-refractivity contribution in [3.8, 4) is 0 Å². The van der Waals surface area contributed by atoms with Crippen molar-refractivity contribution < 1.29 is 8.42 Å². The highest BCUT2D eigenvalue weighted by molar-refractivity contribution is 7.89. The first-order valence-corrected chi connectivity index (χ1v) is 8.30. The van der Waals surface area contributed by atoms with E-state index in [1.807, 2.05) is 0 Å². The molecule has 0 heterocycles. The zero-order chi connectivity index (χ0) is 12.9. The topological polar surface area (TPSA) is 58.2 Å². The highest BCUT2D eigenvalue weighted by Crippen LogP contribution is 2.28. The molecular weight excluding hydrogens is 236 g/mol. The van der Waals surface area contributed by atoms with Crippen LogP contribution in [0.4, 0.5) is 0 Å². The van der Waals surface area contributed by atoms with Crippen molar-refractivity contribution in [2.24, 2.45) is 11.8 Å². The molecule has 102 valence electrons. The van der Waals surface area contributed by atoms with Gasteiger partial charge in [-0.15, -0.1) is 0 Å². The Hall–Kier alpha value is -0.130. The van der Waals surface area contributed by atoms with Gasteiger partial charge in [-0.25, -0.2) is 13.1 Å². The summed E-state index contributed by atoms with van der Waals surface area (Å²) in [6, 6.07) is 0.553. The zero-order valence-electron chi connectivity index (χ0n) is 11.2. The van der Waals surface area contributed by atoms with E-state index in [4.69, 9.17) is 0 Å². The summed E-state index contributed by atoms with van der Waals surface area (Å²) in [5.74, 6) is 1.69. The predicted molar refractivity (Wildman–Crippen MR) is 71.4 cm³/mol. The van der Waals surface area contributed by atoms with Crippen molar-refractivity contribution in [2.45, 2.75) is 46.1 Å². The van der Waals surface area contributed by atoms with Crippen LogP contribution in [-0.4, -0.2) is 33.3 Å². The molecule has 1 fully saturated rings. The van der Waals surface area contributed by atoms with E-state index in [0.717, 1.165) is 12.5 Å². The van der Waals surface area contributed by atoms with Crippen molar-refractivity contribution >= 4 is 10.0 Å². The molecule has 0 aliphatic heterocycles. The lowest BCUT2D eigenvalue weighted by Crippen LogP contribution is -2.42. The van der Waals surface area contributed by atoms with Crippen LogP contribution in [0, 0.1) is 11.8 Å². The Bertz CT molecular complexity index is 316. The number of hydrogen-bond acceptors (Lipinski definition) is 3. The molecule has 0 amide bonds. The molecule has 1 aliphatic carbocycles. The smallest absolute Gasteiger partial charge is 0.211 e. The van der Waals surface area contributed by atoms with E-state index < -0.39 is 10.0 Å². The molecule has 0 bridgehead atoms. The van der Waals surface area contributed by atoms with Crippen molar-refractivity contribution in [1.29, 1.82) is 0 Å². The molecule has 0 spiro atoms. The van der Waals surface area contributed by atoms with Gasteiger partial charge in [-0.3, -0.25) is 0 Å². The number of sulfonamides is 1. The molecule has 3 atom stereocenters. The summed E-state index contributed by atoms with van der Waals surface area (Å²) >= 11 is 0. The molecule has 0 radical (unpaired) electrons. The first-order chi connectivity index (χ1) is 7.94. The molecule has 1 saturated carbocycles. The van der Waals surface area contributed by atoms with Crippen LogP contribution in [0.1, 0.15) is 40.0 Å². The van der Waals surface area contributed by atoms with Crippen LogP contribution < -0.4 is 10.0 Å². The molecule has 0 aromatic carbocycles. The summed E-state index contributed by atoms with van der Waals surface area (Å²) in [6.07, 6.45) is 3.77. The fourth-order valence-electron chi connectivity index (χ4n) is 2.53. The maximum atomic E-state index is 11.2. The minimum Gasteiger partial charge on any atom is -0.312 e. The van der Waals surface area contributed by atoms with Crippen LogP contribution in [0.2, 0.25) is 0 Å². The molecule has 1 aliphatic rings. The van der Waals surface area contributed by atoms with Crippen molar-refractivity contribution in [2.75, 3.05) is 18.8 Å². The van der Waals surface area contributed by atoms with Crippen LogP contribution in [0.5, 0.6) is 0 Å². The Labute approximate surface area is 106 Å². The average Bonchev–Trinajstić information content (AvgIpc) is 2.27. The van der Waals surface area contributed by atoms with Gasteiger partial charge < -0.3 is 5.32 Å². The highest BCUT2D eigenvalue weighted by atomic mass is 32.2. The Morgan fingerprint density at radius 1 is 1.18 bits per heavy atom. The second-order valence-electron chi connectivity index (χ2n) is 5.25. The fraction of sp³-hybridized carbons (Fsp3) is 1.00. The molecule has 5 heteroatoms. The summed E-state index contributed by atoms with van der Waals surface area (Å²) in [5.41, 5.74) is 0. The number of hydrogen-bond donors (Lipinski definition) is 2. The lowest BCUT2D eigenvalue weighted by atomic mass is 9.80. The van der Waals surface area contributed by atoms with E-state index in [2.05, 4.69) is 23.9 Å². The molecule has 3 unspecified atom stereocenters. The zero-order valence-corrected chi connectivity index (χ0v) is 12.0. The van der Waals surface area contributed by atoms with E-state index in [-0.39, 0.29) is 5.75 Å². The van der Waals surface area contributed by atoms with Gasteiger partial charge >= 0.3 is 0 Å². The molecule has 1 rings (SSSR count). The van der Waals surface area contributed by atoms with Crippen LogP contribution in [-0.2, 0) is 10.0 Å². The Morgan fingerprint density at radius 3 is 2.47 bits per heavy atom. The van der Waals surface area contributed by atoms with Gasteiger partial charge in [-0.2, -0.15) is 0 Å². The maximum absolute atomic E-state index is 11.2. The third-order valence-electron chi connectivity index (χ3n) is 3.67. The normalized spacial score (nSPS) is 30.4. The van der Waals surface area contributed by atoms with Crippen LogP contribution in [0.15, 0.2) is 0 Å². The third-order valence-corrected chi connectivity index (χ3v) is 5.07. The van der Waals surface area contributed by atoms with Crippen LogP contribution in [0.25, 0.3) is 0 Å². The predicted octanol–water partition coefficient (Wildman–Crippen LogP) is 1.34. The Morgan fingerprint density at radius 2 is 1.88 bits per heavy atom. The summed E-state index contributed by atoms with van der Waals surface area (Å²) in [4.78, 5) is 0. The van der Waals surface area contributed by atoms with Gasteiger partial charge in [0.05, 0.1) is 5.75 Å². The van der Waals surface area contributed by atoms with E-state index >= 15 is 0 Å². The molecule has 17 heavy (non-hydrogen) atoms. The fourth-order valence-corrected chi connectivity index (χ4v) is 3.15. The molecular formula is C12H26N2O2S. The summed E-state index contributed by atoms with van der Waals surface area (Å²) < 4.78 is 25.0. The van der Waals surface area contributed by atoms with Gasteiger partial charge in [0.25, 0.3) is 0 Å². The van der Waals surface area contributed by atoms with Gasteiger partial charge in [0, 0.05) is 19.1 Å². The van der Waals surface area contributed by atoms with Gasteiger partial charge in [0.15, 0.2) is 0 Å². The Balaban J connectivity index is 2.19. The van der Waals surface area contributed by atoms with E-state index in [9.17, 15) is 8.42 Å². The van der Waals surface area contributed by atoms with E-state index in [0.29, 0.717) is 18.5 Å². The largest absolute Gasteiger partial charge is 0.312 e. The summed E-state index contributed by atoms with van der Waals surface area (Å²) in [7, 11) is -3.03. The number of nitrogens with one attached hydrogen (secondary N) is 2. The first-order valence-electron chi connectivity index (χ1n) is 6.65. The van der Waals surface area contributed by atoms with Gasteiger partial charge in [-0.05, 0) is 38.0 Å². The summed E-state index contributed by atoms with van der Waals surface area (Å²) in [6.45, 7) is 7.46. The van der Waals surface area contributed by atoms with Gasteiger partial charge in [0.1, 0.15) is 0 Å². The van der Waals surface area contributed by atoms with Crippen molar-refractivity contribution in [1.82, 2.24) is 10.0 Å². The van der Waals surface area contributed by atoms with Gasteiger partial charge in [-0.1, -0.05) is 13.8 Å². The number of rotatable bonds is 6. The quantitative estimate of drug-likeness (QED) is 0.710. The molecule has 0 aromatic rings. The van der Waals surface area contributed by atoms with E-state index in [1.54, 1.807) is 6.92 Å². The van der Waals surface area contributed by atoms with Crippen molar-refractivity contribution in [3.05, 3.63) is 0 Å². The second kappa shape index (κ2) is 6.71. The average molecular weight is 262 g/mol. The molecule has 0 aromatic heterocycles. The minimum atomic E-state index is -3.03. The molecule has 4 nitrogen and oxygen atoms in total. The summed E-state index contributed by atoms with van der Waals surface area (Å²) in [5, 5.41) is 3.46. The second-order valence-corrected chi connectivity index (χ2v) is 7.35. The Kier molecular flexibility index (Phi) is 5.89. The SMILES string of the molecule is CCS(=O)(=O)NCCNC1CCC(C)CC1C. The van der Waals surface area contributed by atoms with Crippen LogP contribution in [0.3, 0.4) is 0 Å². The minimum absolute atomic E-state index is 0.157.